The summed E-state index contributed by atoms with van der Waals surface area (Å²) in [5, 5.41) is 2.44. The summed E-state index contributed by atoms with van der Waals surface area (Å²) in [6.07, 6.45) is 3.71. The van der Waals surface area contributed by atoms with Gasteiger partial charge in [-0.2, -0.15) is 0 Å². The summed E-state index contributed by atoms with van der Waals surface area (Å²) in [7, 11) is 0. The van der Waals surface area contributed by atoms with Gasteiger partial charge >= 0.3 is 0 Å². The lowest BCUT2D eigenvalue weighted by Gasteiger charge is -2.02. The van der Waals surface area contributed by atoms with E-state index in [4.69, 9.17) is 0 Å². The highest BCUT2D eigenvalue weighted by Crippen LogP contribution is 2.25. The lowest BCUT2D eigenvalue weighted by molar-refractivity contribution is 1.34. The molecule has 2 aromatic rings. The van der Waals surface area contributed by atoms with Crippen molar-refractivity contribution >= 4 is 26.7 Å². The first-order valence-electron chi connectivity index (χ1n) is 3.78. The second kappa shape index (κ2) is 2.87. The monoisotopic (exact) mass is 222 g/mol. The van der Waals surface area contributed by atoms with Crippen LogP contribution >= 0.6 is 15.9 Å². The number of aromatic nitrogens is 1. The molecule has 1 nitrogen and oxygen atoms in total. The number of halogens is 1. The summed E-state index contributed by atoms with van der Waals surface area (Å²) in [5.74, 6) is 0. The van der Waals surface area contributed by atoms with Gasteiger partial charge in [-0.15, -0.1) is 0 Å². The van der Waals surface area contributed by atoms with Gasteiger partial charge in [-0.05, 0) is 28.4 Å². The van der Waals surface area contributed by atoms with Crippen molar-refractivity contribution in [1.29, 1.82) is 0 Å². The number of nitrogens with zero attached hydrogens (tertiary/aromatic N) is 1. The summed E-state index contributed by atoms with van der Waals surface area (Å²) < 4.78 is 1.07. The van der Waals surface area contributed by atoms with Gasteiger partial charge in [-0.1, -0.05) is 18.2 Å². The van der Waals surface area contributed by atoms with Crippen LogP contribution < -0.4 is 0 Å². The number of benzene rings is 1. The summed E-state index contributed by atoms with van der Waals surface area (Å²) >= 11 is 3.49. The van der Waals surface area contributed by atoms with Crippen LogP contribution in [0.4, 0.5) is 0 Å². The molecular formula is C10H8BrN. The average molecular weight is 223 g/mol. The zero-order valence-electron chi connectivity index (χ0n) is 6.71. The van der Waals surface area contributed by atoms with Crippen LogP contribution in [0.2, 0.25) is 0 Å². The van der Waals surface area contributed by atoms with Gasteiger partial charge in [0.05, 0.1) is 0 Å². The summed E-state index contributed by atoms with van der Waals surface area (Å²) in [5.41, 5.74) is 1.28. The van der Waals surface area contributed by atoms with E-state index in [2.05, 4.69) is 40.0 Å². The maximum absolute atomic E-state index is 4.11. The molecule has 0 aliphatic rings. The standard InChI is InChI=1S/C10H8BrN/c1-7-3-2-4-8-5-12-6-9(11)10(7)8/h2-6H,1H3/i1+1. The van der Waals surface area contributed by atoms with Crippen LogP contribution in [0.5, 0.6) is 0 Å². The Labute approximate surface area is 79.6 Å². The van der Waals surface area contributed by atoms with Gasteiger partial charge in [0.25, 0.3) is 0 Å². The molecule has 12 heavy (non-hydrogen) atoms. The molecule has 2 rings (SSSR count). The Balaban J connectivity index is 2.96. The Hall–Kier alpha value is -0.890. The van der Waals surface area contributed by atoms with Crippen molar-refractivity contribution in [3.05, 3.63) is 40.6 Å². The van der Waals surface area contributed by atoms with E-state index in [-0.39, 0.29) is 0 Å². The van der Waals surface area contributed by atoms with E-state index in [1.807, 2.05) is 18.5 Å². The van der Waals surface area contributed by atoms with Gasteiger partial charge in [0.15, 0.2) is 0 Å². The predicted octanol–water partition coefficient (Wildman–Crippen LogP) is 3.31. The maximum Gasteiger partial charge on any atom is 0.0439 e. The normalized spacial score (nSPS) is 10.5. The van der Waals surface area contributed by atoms with Crippen LogP contribution in [-0.2, 0) is 0 Å². The number of hydrogen-bond acceptors (Lipinski definition) is 1. The molecule has 1 aromatic carbocycles. The first-order valence-corrected chi connectivity index (χ1v) is 4.57. The van der Waals surface area contributed by atoms with Gasteiger partial charge < -0.3 is 0 Å². The molecule has 0 atom stereocenters. The molecule has 2 heteroatoms. The minimum Gasteiger partial charge on any atom is -0.263 e. The van der Waals surface area contributed by atoms with E-state index in [0.29, 0.717) is 0 Å². The molecule has 0 aliphatic carbocycles. The molecule has 0 unspecified atom stereocenters. The highest BCUT2D eigenvalue weighted by molar-refractivity contribution is 9.10. The molecule has 60 valence electrons. The smallest absolute Gasteiger partial charge is 0.0439 e. The fourth-order valence-electron chi connectivity index (χ4n) is 1.37. The number of fused-ring (bicyclic) bond motifs is 1. The molecule has 0 bridgehead atoms. The van der Waals surface area contributed by atoms with Crippen molar-refractivity contribution in [3.8, 4) is 0 Å². The zero-order valence-corrected chi connectivity index (χ0v) is 8.30. The lowest BCUT2D eigenvalue weighted by atomic mass is 10.1. The Morgan fingerprint density at radius 2 is 2.08 bits per heavy atom. The maximum atomic E-state index is 4.11. The first kappa shape index (κ1) is 7.74. The minimum atomic E-state index is 1.07. The zero-order chi connectivity index (χ0) is 8.55. The Morgan fingerprint density at radius 3 is 2.83 bits per heavy atom. The summed E-state index contributed by atoms with van der Waals surface area (Å²) in [4.78, 5) is 4.11. The third-order valence-corrected chi connectivity index (χ3v) is 2.55. The number of pyridine rings is 1. The van der Waals surface area contributed by atoms with Gasteiger partial charge in [0, 0.05) is 27.6 Å². The number of aryl methyl sites for hydroxylation is 1. The molecule has 0 saturated heterocycles. The van der Waals surface area contributed by atoms with Crippen LogP contribution in [0.25, 0.3) is 10.8 Å². The molecule has 0 saturated carbocycles. The second-order valence-electron chi connectivity index (χ2n) is 2.79. The van der Waals surface area contributed by atoms with Crippen LogP contribution in [-0.4, -0.2) is 4.98 Å². The average Bonchev–Trinajstić information content (AvgIpc) is 2.04. The van der Waals surface area contributed by atoms with E-state index in [1.54, 1.807) is 0 Å². The van der Waals surface area contributed by atoms with Crippen LogP contribution in [0.3, 0.4) is 0 Å². The second-order valence-corrected chi connectivity index (χ2v) is 3.65. The molecular weight excluding hydrogens is 215 g/mol. The Morgan fingerprint density at radius 1 is 1.25 bits per heavy atom. The number of rotatable bonds is 0. The minimum absolute atomic E-state index is 1.07. The molecule has 0 fully saturated rings. The fraction of sp³-hybridized carbons (Fsp3) is 0.100. The van der Waals surface area contributed by atoms with Crippen molar-refractivity contribution in [2.45, 2.75) is 6.92 Å². The molecule has 0 spiro atoms. The van der Waals surface area contributed by atoms with E-state index in [1.165, 1.54) is 16.3 Å². The quantitative estimate of drug-likeness (QED) is 0.624. The molecule has 0 amide bonds. The van der Waals surface area contributed by atoms with Crippen LogP contribution in [0.15, 0.2) is 35.1 Å². The Kier molecular flexibility index (Phi) is 1.85. The predicted molar refractivity (Wildman–Crippen MR) is 54.2 cm³/mol. The lowest BCUT2D eigenvalue weighted by Crippen LogP contribution is -1.81. The molecule has 0 N–H and O–H groups in total. The van der Waals surface area contributed by atoms with Crippen molar-refractivity contribution in [2.75, 3.05) is 0 Å². The van der Waals surface area contributed by atoms with Crippen molar-refractivity contribution in [3.63, 3.8) is 0 Å². The molecule has 0 aliphatic heterocycles. The van der Waals surface area contributed by atoms with Gasteiger partial charge in [0.2, 0.25) is 0 Å². The SMILES string of the molecule is [13CH3]c1cccc2cncc(Br)c12. The third-order valence-electron chi connectivity index (χ3n) is 1.95. The first-order chi connectivity index (χ1) is 5.79. The van der Waals surface area contributed by atoms with Gasteiger partial charge in [-0.25, -0.2) is 0 Å². The molecule has 0 radical (unpaired) electrons. The summed E-state index contributed by atoms with van der Waals surface area (Å²) in [6.45, 7) is 2.10. The summed E-state index contributed by atoms with van der Waals surface area (Å²) in [6, 6.07) is 6.22. The number of hydrogen-bond donors (Lipinski definition) is 0. The third kappa shape index (κ3) is 1.12. The van der Waals surface area contributed by atoms with E-state index in [9.17, 15) is 0 Å². The molecule has 1 aromatic heterocycles. The van der Waals surface area contributed by atoms with Crippen molar-refractivity contribution in [1.82, 2.24) is 4.98 Å². The fourth-order valence-corrected chi connectivity index (χ4v) is 2.03. The van der Waals surface area contributed by atoms with Gasteiger partial charge in [-0.3, -0.25) is 4.98 Å². The van der Waals surface area contributed by atoms with Gasteiger partial charge in [0.1, 0.15) is 0 Å². The Bertz CT molecular complexity index is 386. The topological polar surface area (TPSA) is 12.9 Å². The highest BCUT2D eigenvalue weighted by atomic mass is 79.9. The van der Waals surface area contributed by atoms with Crippen LogP contribution in [0, 0.1) is 6.92 Å². The van der Waals surface area contributed by atoms with E-state index >= 15 is 0 Å². The van der Waals surface area contributed by atoms with Crippen LogP contribution in [0.1, 0.15) is 5.56 Å². The van der Waals surface area contributed by atoms with Crippen molar-refractivity contribution in [2.24, 2.45) is 0 Å². The molecule has 1 heterocycles. The largest absolute Gasteiger partial charge is 0.263 e. The highest BCUT2D eigenvalue weighted by Gasteiger charge is 1.99. The van der Waals surface area contributed by atoms with E-state index in [0.717, 1.165) is 4.47 Å². The van der Waals surface area contributed by atoms with Crippen molar-refractivity contribution < 1.29 is 0 Å². The van der Waals surface area contributed by atoms with E-state index < -0.39 is 0 Å².